The first-order valence-corrected chi connectivity index (χ1v) is 10.9. The number of hydrogen-bond donors (Lipinski definition) is 1. The maximum atomic E-state index is 13.4. The molecule has 9 heteroatoms. The molecule has 2 aliphatic rings. The van der Waals surface area contributed by atoms with E-state index in [1.54, 1.807) is 18.3 Å². The van der Waals surface area contributed by atoms with Crippen molar-refractivity contribution in [3.05, 3.63) is 45.9 Å². The molecule has 0 unspecified atom stereocenters. The van der Waals surface area contributed by atoms with Gasteiger partial charge in [-0.05, 0) is 44.9 Å². The highest BCUT2D eigenvalue weighted by atomic mass is 16.5. The molecule has 0 bridgehead atoms. The summed E-state index contributed by atoms with van der Waals surface area (Å²) in [6.07, 6.45) is 4.67. The molecule has 4 heterocycles. The molecule has 0 aliphatic carbocycles. The fraction of sp³-hybridized carbons (Fsp3) is 0.478. The molecule has 1 N–H and O–H groups in total. The zero-order chi connectivity index (χ0) is 22.7. The number of amides is 1. The Morgan fingerprint density at radius 2 is 2.12 bits per heavy atom. The van der Waals surface area contributed by atoms with Crippen LogP contribution in [0.25, 0.3) is 11.7 Å². The summed E-state index contributed by atoms with van der Waals surface area (Å²) in [6, 6.07) is 7.24. The van der Waals surface area contributed by atoms with Gasteiger partial charge in [-0.15, -0.1) is 0 Å². The second-order valence-electron chi connectivity index (χ2n) is 8.26. The Hall–Kier alpha value is -3.22. The molecule has 2 aromatic heterocycles. The van der Waals surface area contributed by atoms with Crippen LogP contribution in [0.1, 0.15) is 32.3 Å². The number of nitrogens with zero attached hydrogens (tertiary/aromatic N) is 4. The third kappa shape index (κ3) is 4.66. The summed E-state index contributed by atoms with van der Waals surface area (Å²) in [6.45, 7) is 6.04. The minimum absolute atomic E-state index is 0.0428. The van der Waals surface area contributed by atoms with E-state index in [9.17, 15) is 14.9 Å². The molecule has 2 fully saturated rings. The van der Waals surface area contributed by atoms with Crippen LogP contribution in [0.2, 0.25) is 0 Å². The lowest BCUT2D eigenvalue weighted by Gasteiger charge is -2.36. The summed E-state index contributed by atoms with van der Waals surface area (Å²) in [7, 11) is 0. The van der Waals surface area contributed by atoms with Gasteiger partial charge in [0.15, 0.2) is 0 Å². The predicted molar refractivity (Wildman–Crippen MR) is 119 cm³/mol. The quantitative estimate of drug-likeness (QED) is 0.558. The first-order chi connectivity index (χ1) is 15.5. The molecule has 168 valence electrons. The van der Waals surface area contributed by atoms with E-state index >= 15 is 0 Å². The van der Waals surface area contributed by atoms with Crippen molar-refractivity contribution in [3.63, 3.8) is 0 Å². The summed E-state index contributed by atoms with van der Waals surface area (Å²) in [4.78, 5) is 32.7. The molecule has 2 saturated heterocycles. The van der Waals surface area contributed by atoms with Crippen LogP contribution in [0.3, 0.4) is 0 Å². The summed E-state index contributed by atoms with van der Waals surface area (Å²) in [5, 5.41) is 12.4. The molecule has 2 aromatic rings. The first kappa shape index (κ1) is 22.0. The van der Waals surface area contributed by atoms with Gasteiger partial charge in [-0.1, -0.05) is 6.07 Å². The molecular weight excluding hydrogens is 410 g/mol. The largest absolute Gasteiger partial charge is 0.376 e. The lowest BCUT2D eigenvalue weighted by Crippen LogP contribution is -2.46. The van der Waals surface area contributed by atoms with Gasteiger partial charge >= 0.3 is 0 Å². The number of aromatic nitrogens is 2. The van der Waals surface area contributed by atoms with E-state index < -0.39 is 5.91 Å². The Balaban J connectivity index is 1.73. The van der Waals surface area contributed by atoms with Crippen molar-refractivity contribution in [2.45, 2.75) is 45.0 Å². The number of ether oxygens (including phenoxy) is 2. The van der Waals surface area contributed by atoms with Crippen LogP contribution < -0.4 is 15.8 Å². The first-order valence-electron chi connectivity index (χ1n) is 10.9. The maximum Gasteiger partial charge on any atom is 0.267 e. The van der Waals surface area contributed by atoms with E-state index in [2.05, 4.69) is 5.32 Å². The third-order valence-electron chi connectivity index (χ3n) is 5.64. The molecule has 1 amide bonds. The van der Waals surface area contributed by atoms with Crippen LogP contribution in [-0.2, 0) is 14.3 Å². The monoisotopic (exact) mass is 437 g/mol. The third-order valence-corrected chi connectivity index (χ3v) is 5.64. The Labute approximate surface area is 186 Å². The summed E-state index contributed by atoms with van der Waals surface area (Å²) in [5.74, 6) is -0.0851. The number of nitrogens with one attached hydrogen (secondary N) is 1. The van der Waals surface area contributed by atoms with E-state index in [0.717, 1.165) is 12.8 Å². The Bertz CT molecular complexity index is 1120. The summed E-state index contributed by atoms with van der Waals surface area (Å²) in [5.41, 5.74) is 0.224. The fourth-order valence-corrected chi connectivity index (χ4v) is 4.21. The van der Waals surface area contributed by atoms with Crippen LogP contribution in [0, 0.1) is 11.3 Å². The van der Waals surface area contributed by atoms with Crippen molar-refractivity contribution < 1.29 is 14.3 Å². The highest BCUT2D eigenvalue weighted by Gasteiger charge is 2.27. The number of morpholine rings is 1. The van der Waals surface area contributed by atoms with E-state index in [1.807, 2.05) is 30.9 Å². The Kier molecular flexibility index (Phi) is 6.53. The lowest BCUT2D eigenvalue weighted by atomic mass is 10.1. The molecule has 4 rings (SSSR count). The van der Waals surface area contributed by atoms with Crippen molar-refractivity contribution in [1.82, 2.24) is 14.7 Å². The van der Waals surface area contributed by atoms with Crippen molar-refractivity contribution in [2.75, 3.05) is 31.1 Å². The van der Waals surface area contributed by atoms with Gasteiger partial charge in [0.2, 0.25) is 0 Å². The van der Waals surface area contributed by atoms with E-state index in [4.69, 9.17) is 14.5 Å². The molecule has 9 nitrogen and oxygen atoms in total. The molecule has 2 aliphatic heterocycles. The number of hydrogen-bond acceptors (Lipinski definition) is 7. The van der Waals surface area contributed by atoms with Crippen LogP contribution in [-0.4, -0.2) is 59.8 Å². The topological polar surface area (TPSA) is 109 Å². The van der Waals surface area contributed by atoms with E-state index in [-0.39, 0.29) is 35.0 Å². The smallest absolute Gasteiger partial charge is 0.267 e. The van der Waals surface area contributed by atoms with Gasteiger partial charge in [-0.2, -0.15) is 5.26 Å². The number of carbonyl (C=O) groups excluding carboxylic acids is 1. The molecule has 0 radical (unpaired) electrons. The second-order valence-corrected chi connectivity index (χ2v) is 8.26. The highest BCUT2D eigenvalue weighted by Crippen LogP contribution is 2.23. The van der Waals surface area contributed by atoms with Gasteiger partial charge in [0.05, 0.1) is 23.9 Å². The van der Waals surface area contributed by atoms with Crippen molar-refractivity contribution >= 4 is 23.4 Å². The minimum atomic E-state index is -0.532. The predicted octanol–water partition coefficient (Wildman–Crippen LogP) is 1.51. The summed E-state index contributed by atoms with van der Waals surface area (Å²) >= 11 is 0. The zero-order valence-corrected chi connectivity index (χ0v) is 18.3. The Morgan fingerprint density at radius 3 is 2.81 bits per heavy atom. The molecule has 32 heavy (non-hydrogen) atoms. The number of fused-ring (bicyclic) bond motifs is 1. The lowest BCUT2D eigenvalue weighted by molar-refractivity contribution is -0.117. The second kappa shape index (κ2) is 9.51. The Morgan fingerprint density at radius 1 is 1.34 bits per heavy atom. The number of rotatable bonds is 5. The van der Waals surface area contributed by atoms with Crippen molar-refractivity contribution in [1.29, 1.82) is 5.26 Å². The van der Waals surface area contributed by atoms with E-state index in [0.29, 0.717) is 37.7 Å². The molecule has 0 spiro atoms. The minimum Gasteiger partial charge on any atom is -0.376 e. The van der Waals surface area contributed by atoms with Gasteiger partial charge in [-0.25, -0.2) is 4.98 Å². The van der Waals surface area contributed by atoms with Gasteiger partial charge in [0.25, 0.3) is 11.5 Å². The summed E-state index contributed by atoms with van der Waals surface area (Å²) < 4.78 is 12.8. The van der Waals surface area contributed by atoms with E-state index in [1.165, 1.54) is 10.5 Å². The van der Waals surface area contributed by atoms with Crippen LogP contribution in [0.5, 0.6) is 0 Å². The van der Waals surface area contributed by atoms with Crippen molar-refractivity contribution in [2.24, 2.45) is 0 Å². The van der Waals surface area contributed by atoms with Crippen molar-refractivity contribution in [3.8, 4) is 6.07 Å². The number of pyridine rings is 1. The van der Waals surface area contributed by atoms with Gasteiger partial charge < -0.3 is 19.7 Å². The fourth-order valence-electron chi connectivity index (χ4n) is 4.21. The SMILES string of the molecule is C[C@H]1CN(c2nc3ccccn3c(=O)c2/C=C(\C#N)C(=O)NC[C@@H]2CCCO2)C[C@H](C)O1. The van der Waals surface area contributed by atoms with Crippen LogP contribution in [0.15, 0.2) is 34.8 Å². The molecule has 0 aromatic carbocycles. The average molecular weight is 438 g/mol. The standard InChI is InChI=1S/C23H27N5O4/c1-15-13-27(14-16(2)32-15)21-19(23(30)28-8-4-3-7-20(28)26-21)10-17(11-24)22(29)25-12-18-6-5-9-31-18/h3-4,7-8,10,15-16,18H,5-6,9,12-14H2,1-2H3,(H,25,29)/b17-10+/t15-,16-,18-/m0/s1. The normalized spacial score (nSPS) is 23.8. The maximum absolute atomic E-state index is 13.4. The number of nitriles is 1. The van der Waals surface area contributed by atoms with Crippen LogP contribution >= 0.6 is 0 Å². The highest BCUT2D eigenvalue weighted by molar-refractivity contribution is 6.02. The molecule has 0 saturated carbocycles. The van der Waals surface area contributed by atoms with Gasteiger partial charge in [-0.3, -0.25) is 14.0 Å². The van der Waals surface area contributed by atoms with Gasteiger partial charge in [0, 0.05) is 32.4 Å². The number of carbonyl (C=O) groups is 1. The zero-order valence-electron chi connectivity index (χ0n) is 18.3. The van der Waals surface area contributed by atoms with Gasteiger partial charge in [0.1, 0.15) is 23.1 Å². The number of anilines is 1. The molecular formula is C23H27N5O4. The van der Waals surface area contributed by atoms with Crippen LogP contribution in [0.4, 0.5) is 5.82 Å². The molecule has 3 atom stereocenters. The average Bonchev–Trinajstić information content (AvgIpc) is 3.30.